The summed E-state index contributed by atoms with van der Waals surface area (Å²) >= 11 is 7.50. The molecule has 0 N–H and O–H groups in total. The van der Waals surface area contributed by atoms with Gasteiger partial charge < -0.3 is 14.2 Å². The highest BCUT2D eigenvalue weighted by Gasteiger charge is 2.31. The van der Waals surface area contributed by atoms with Gasteiger partial charge >= 0.3 is 12.1 Å². The van der Waals surface area contributed by atoms with Gasteiger partial charge in [0.05, 0.1) is 17.7 Å². The summed E-state index contributed by atoms with van der Waals surface area (Å²) in [5, 5.41) is -0.172. The number of benzene rings is 2. The number of carbonyl (C=O) groups is 1. The third-order valence-corrected chi connectivity index (χ3v) is 5.26. The Bertz CT molecular complexity index is 858. The second kappa shape index (κ2) is 10.1. The summed E-state index contributed by atoms with van der Waals surface area (Å²) in [6.07, 6.45) is -4.40. The fourth-order valence-electron chi connectivity index (χ4n) is 2.27. The molecule has 0 saturated heterocycles. The Balaban J connectivity index is 2.29. The Kier molecular flexibility index (Phi) is 8.10. The largest absolute Gasteiger partial charge is 0.478 e. The minimum absolute atomic E-state index is 0.0700. The van der Waals surface area contributed by atoms with Crippen LogP contribution in [0.3, 0.4) is 0 Å². The molecular formula is C20H20ClF3O4S. The lowest BCUT2D eigenvalue weighted by atomic mass is 10.2. The van der Waals surface area contributed by atoms with Crippen LogP contribution >= 0.6 is 23.4 Å². The van der Waals surface area contributed by atoms with E-state index in [-0.39, 0.29) is 10.8 Å². The van der Waals surface area contributed by atoms with E-state index in [1.807, 2.05) is 6.92 Å². The number of esters is 1. The Morgan fingerprint density at radius 2 is 1.90 bits per heavy atom. The smallest absolute Gasteiger partial charge is 0.416 e. The highest BCUT2D eigenvalue weighted by Crippen LogP contribution is 2.39. The Morgan fingerprint density at radius 1 is 1.17 bits per heavy atom. The van der Waals surface area contributed by atoms with Gasteiger partial charge in [0.15, 0.2) is 6.10 Å². The van der Waals surface area contributed by atoms with E-state index in [9.17, 15) is 18.0 Å². The lowest BCUT2D eigenvalue weighted by Crippen LogP contribution is -2.25. The average Bonchev–Trinajstić information content (AvgIpc) is 2.67. The maximum atomic E-state index is 12.8. The first kappa shape index (κ1) is 23.2. The summed E-state index contributed by atoms with van der Waals surface area (Å²) < 4.78 is 54.4. The van der Waals surface area contributed by atoms with E-state index < -0.39 is 23.8 Å². The Morgan fingerprint density at radius 3 is 2.48 bits per heavy atom. The maximum absolute atomic E-state index is 12.8. The van der Waals surface area contributed by atoms with Crippen LogP contribution in [0.4, 0.5) is 13.2 Å². The molecule has 0 fully saturated rings. The standard InChI is InChI=1S/C20H20ClF3O4S/c1-4-9-29-18-8-6-14(11-17(18)27-12(2)19(25)26-3)28-16-7-5-13(10-15(16)21)20(22,23)24/h5-8,10-12H,4,9H2,1-3H3. The van der Waals surface area contributed by atoms with Gasteiger partial charge in [0.25, 0.3) is 0 Å². The molecule has 0 aliphatic rings. The molecule has 0 amide bonds. The van der Waals surface area contributed by atoms with E-state index in [2.05, 4.69) is 4.74 Å². The van der Waals surface area contributed by atoms with Crippen LogP contribution in [0, 0.1) is 0 Å². The number of halogens is 4. The van der Waals surface area contributed by atoms with Crippen molar-refractivity contribution >= 4 is 29.3 Å². The van der Waals surface area contributed by atoms with Crippen molar-refractivity contribution in [2.45, 2.75) is 37.4 Å². The van der Waals surface area contributed by atoms with Gasteiger partial charge in [0.1, 0.15) is 17.2 Å². The summed E-state index contributed by atoms with van der Waals surface area (Å²) in [6.45, 7) is 3.59. The first-order chi connectivity index (χ1) is 13.7. The number of hydrogen-bond donors (Lipinski definition) is 0. The predicted molar refractivity (Wildman–Crippen MR) is 106 cm³/mol. The van der Waals surface area contributed by atoms with Gasteiger partial charge in [-0.15, -0.1) is 11.8 Å². The molecular weight excluding hydrogens is 429 g/mol. The molecule has 0 saturated carbocycles. The van der Waals surface area contributed by atoms with E-state index in [0.29, 0.717) is 11.5 Å². The van der Waals surface area contributed by atoms with Crippen molar-refractivity contribution in [2.75, 3.05) is 12.9 Å². The van der Waals surface area contributed by atoms with Crippen molar-refractivity contribution in [3.05, 3.63) is 47.0 Å². The predicted octanol–water partition coefficient (Wildman–Crippen LogP) is 6.59. The first-order valence-electron chi connectivity index (χ1n) is 8.71. The highest BCUT2D eigenvalue weighted by molar-refractivity contribution is 7.99. The minimum atomic E-state index is -4.49. The van der Waals surface area contributed by atoms with Crippen molar-refractivity contribution in [3.8, 4) is 17.2 Å². The minimum Gasteiger partial charge on any atom is -0.478 e. The molecule has 0 bridgehead atoms. The quantitative estimate of drug-likeness (QED) is 0.336. The van der Waals surface area contributed by atoms with Crippen LogP contribution in [0.25, 0.3) is 0 Å². The molecule has 0 aliphatic heterocycles. The summed E-state index contributed by atoms with van der Waals surface area (Å²) in [7, 11) is 1.26. The number of hydrogen-bond acceptors (Lipinski definition) is 5. The summed E-state index contributed by atoms with van der Waals surface area (Å²) in [5.74, 6) is 1.09. The second-order valence-electron chi connectivity index (χ2n) is 5.99. The van der Waals surface area contributed by atoms with E-state index in [4.69, 9.17) is 21.1 Å². The average molecular weight is 449 g/mol. The van der Waals surface area contributed by atoms with Crippen LogP contribution in [0.2, 0.25) is 5.02 Å². The molecule has 0 aromatic heterocycles. The Hall–Kier alpha value is -2.06. The van der Waals surface area contributed by atoms with Gasteiger partial charge in [-0.25, -0.2) is 4.79 Å². The van der Waals surface area contributed by atoms with Gasteiger partial charge in [-0.1, -0.05) is 18.5 Å². The molecule has 0 spiro atoms. The number of alkyl halides is 3. The second-order valence-corrected chi connectivity index (χ2v) is 7.53. The zero-order valence-electron chi connectivity index (χ0n) is 16.0. The van der Waals surface area contributed by atoms with Crippen molar-refractivity contribution < 1.29 is 32.2 Å². The summed E-state index contributed by atoms with van der Waals surface area (Å²) in [4.78, 5) is 12.5. The molecule has 2 aromatic carbocycles. The SMILES string of the molecule is CCCSc1ccc(Oc2ccc(C(F)(F)F)cc2Cl)cc1OC(C)C(=O)OC. The van der Waals surface area contributed by atoms with Gasteiger partial charge in [0, 0.05) is 11.0 Å². The molecule has 1 atom stereocenters. The number of rotatable bonds is 8. The van der Waals surface area contributed by atoms with E-state index in [1.165, 1.54) is 7.11 Å². The van der Waals surface area contributed by atoms with Gasteiger partial charge in [-0.05, 0) is 49.4 Å². The normalized spacial score (nSPS) is 12.4. The lowest BCUT2D eigenvalue weighted by molar-refractivity contribution is -0.148. The van der Waals surface area contributed by atoms with Crippen LogP contribution in [0.15, 0.2) is 41.3 Å². The van der Waals surface area contributed by atoms with Crippen LogP contribution in [0.5, 0.6) is 17.2 Å². The topological polar surface area (TPSA) is 44.8 Å². The summed E-state index contributed by atoms with van der Waals surface area (Å²) in [5.41, 5.74) is -0.864. The molecule has 158 valence electrons. The first-order valence-corrected chi connectivity index (χ1v) is 10.1. The fourth-order valence-corrected chi connectivity index (χ4v) is 3.32. The van der Waals surface area contributed by atoms with Crippen molar-refractivity contribution in [2.24, 2.45) is 0 Å². The zero-order chi connectivity index (χ0) is 21.6. The molecule has 0 heterocycles. The molecule has 29 heavy (non-hydrogen) atoms. The Labute approximate surface area is 176 Å². The van der Waals surface area contributed by atoms with Gasteiger partial charge in [0.2, 0.25) is 0 Å². The van der Waals surface area contributed by atoms with Crippen LogP contribution in [-0.4, -0.2) is 24.9 Å². The molecule has 2 aromatic rings. The van der Waals surface area contributed by atoms with Crippen LogP contribution < -0.4 is 9.47 Å². The van der Waals surface area contributed by atoms with Gasteiger partial charge in [-0.3, -0.25) is 0 Å². The number of carbonyl (C=O) groups excluding carboxylic acids is 1. The number of ether oxygens (including phenoxy) is 3. The van der Waals surface area contributed by atoms with Crippen LogP contribution in [-0.2, 0) is 15.7 Å². The zero-order valence-corrected chi connectivity index (χ0v) is 17.6. The van der Waals surface area contributed by atoms with E-state index in [1.54, 1.807) is 36.9 Å². The molecule has 4 nitrogen and oxygen atoms in total. The van der Waals surface area contributed by atoms with E-state index >= 15 is 0 Å². The molecule has 0 radical (unpaired) electrons. The lowest BCUT2D eigenvalue weighted by Gasteiger charge is -2.17. The molecule has 2 rings (SSSR count). The van der Waals surface area contributed by atoms with Gasteiger partial charge in [-0.2, -0.15) is 13.2 Å². The van der Waals surface area contributed by atoms with Crippen molar-refractivity contribution in [3.63, 3.8) is 0 Å². The number of methoxy groups -OCH3 is 1. The highest BCUT2D eigenvalue weighted by atomic mass is 35.5. The maximum Gasteiger partial charge on any atom is 0.416 e. The molecule has 1 unspecified atom stereocenters. The fraction of sp³-hybridized carbons (Fsp3) is 0.350. The third kappa shape index (κ3) is 6.47. The molecule has 0 aliphatic carbocycles. The van der Waals surface area contributed by atoms with E-state index in [0.717, 1.165) is 35.3 Å². The van der Waals surface area contributed by atoms with Crippen LogP contribution in [0.1, 0.15) is 25.8 Å². The van der Waals surface area contributed by atoms with Crippen molar-refractivity contribution in [1.29, 1.82) is 0 Å². The number of thioether (sulfide) groups is 1. The summed E-state index contributed by atoms with van der Waals surface area (Å²) in [6, 6.07) is 7.82. The van der Waals surface area contributed by atoms with Crippen molar-refractivity contribution in [1.82, 2.24) is 0 Å². The monoisotopic (exact) mass is 448 g/mol. The third-order valence-electron chi connectivity index (χ3n) is 3.70. The molecule has 9 heteroatoms.